The third-order valence-corrected chi connectivity index (χ3v) is 8.38. The predicted molar refractivity (Wildman–Crippen MR) is 116 cm³/mol. The summed E-state index contributed by atoms with van der Waals surface area (Å²) in [5.41, 5.74) is -0.500. The van der Waals surface area contributed by atoms with Crippen molar-refractivity contribution in [2.24, 2.45) is 35.0 Å². The molecule has 3 rings (SSSR count). The largest absolute Gasteiger partial charge is 0.462 e. The second-order valence-corrected chi connectivity index (χ2v) is 10.8. The molecule has 0 amide bonds. The van der Waals surface area contributed by atoms with Crippen LogP contribution in [0.2, 0.25) is 0 Å². The van der Waals surface area contributed by atoms with Crippen LogP contribution < -0.4 is 0 Å². The van der Waals surface area contributed by atoms with Gasteiger partial charge in [-0.25, -0.2) is 0 Å². The minimum atomic E-state index is -0.634. The first-order valence-electron chi connectivity index (χ1n) is 12.2. The Morgan fingerprint density at radius 1 is 1.26 bits per heavy atom. The first-order chi connectivity index (χ1) is 14.7. The molecule has 1 heterocycles. The topological polar surface area (TPSA) is 89.9 Å². The number of aliphatic hydroxyl groups is 1. The predicted octanol–water partition coefficient (Wildman–Crippen LogP) is 4.07. The zero-order valence-corrected chi connectivity index (χ0v) is 19.5. The van der Waals surface area contributed by atoms with Crippen molar-refractivity contribution < 1.29 is 29.0 Å². The first-order valence-corrected chi connectivity index (χ1v) is 12.2. The molecular weight excluding hydrogens is 396 g/mol. The maximum absolute atomic E-state index is 12.9. The van der Waals surface area contributed by atoms with Crippen LogP contribution >= 0.6 is 0 Å². The smallest absolute Gasteiger partial charge is 0.311 e. The van der Waals surface area contributed by atoms with Gasteiger partial charge >= 0.3 is 11.9 Å². The highest BCUT2D eigenvalue weighted by Crippen LogP contribution is 2.51. The van der Waals surface area contributed by atoms with Crippen LogP contribution in [0.1, 0.15) is 85.5 Å². The number of hydrogen-bond donors (Lipinski definition) is 1. The molecule has 0 aromatic carbocycles. The van der Waals surface area contributed by atoms with E-state index in [4.69, 9.17) is 9.47 Å². The van der Waals surface area contributed by atoms with Gasteiger partial charge in [0.2, 0.25) is 0 Å². The Kier molecular flexibility index (Phi) is 7.82. The average molecular weight is 437 g/mol. The highest BCUT2D eigenvalue weighted by atomic mass is 16.6. The van der Waals surface area contributed by atoms with Crippen molar-refractivity contribution in [2.75, 3.05) is 0 Å². The zero-order chi connectivity index (χ0) is 22.8. The van der Waals surface area contributed by atoms with Gasteiger partial charge in [0.1, 0.15) is 18.5 Å². The second-order valence-electron chi connectivity index (χ2n) is 10.8. The summed E-state index contributed by atoms with van der Waals surface area (Å²) in [6, 6.07) is 0. The molecule has 1 unspecified atom stereocenters. The van der Waals surface area contributed by atoms with Crippen LogP contribution in [0.5, 0.6) is 0 Å². The van der Waals surface area contributed by atoms with Crippen LogP contribution in [0.3, 0.4) is 0 Å². The highest BCUT2D eigenvalue weighted by Gasteiger charge is 2.49. The monoisotopic (exact) mass is 436 g/mol. The number of aldehydes is 1. The normalized spacial score (nSPS) is 38.7. The van der Waals surface area contributed by atoms with E-state index in [0.717, 1.165) is 44.8 Å². The molecule has 2 aliphatic carbocycles. The fourth-order valence-electron chi connectivity index (χ4n) is 6.03. The molecule has 6 heteroatoms. The third kappa shape index (κ3) is 5.50. The molecule has 1 saturated heterocycles. The fraction of sp³-hybridized carbons (Fsp3) is 0.880. The number of hydrogen-bond acceptors (Lipinski definition) is 6. The van der Waals surface area contributed by atoms with Crippen LogP contribution in [-0.2, 0) is 23.9 Å². The molecule has 0 spiro atoms. The highest BCUT2D eigenvalue weighted by molar-refractivity contribution is 5.76. The molecule has 0 aromatic heterocycles. The van der Waals surface area contributed by atoms with Gasteiger partial charge in [0.15, 0.2) is 0 Å². The number of aliphatic hydroxyl groups excluding tert-OH is 1. The van der Waals surface area contributed by atoms with E-state index in [0.29, 0.717) is 18.8 Å². The molecule has 6 nitrogen and oxygen atoms in total. The van der Waals surface area contributed by atoms with Gasteiger partial charge < -0.3 is 19.4 Å². The summed E-state index contributed by atoms with van der Waals surface area (Å²) in [4.78, 5) is 36.4. The number of carbonyl (C=O) groups is 3. The van der Waals surface area contributed by atoms with Gasteiger partial charge in [-0.15, -0.1) is 0 Å². The second kappa shape index (κ2) is 10.0. The van der Waals surface area contributed by atoms with Gasteiger partial charge in [0.25, 0.3) is 0 Å². The Balaban J connectivity index is 1.76. The van der Waals surface area contributed by atoms with Gasteiger partial charge in [-0.2, -0.15) is 0 Å². The summed E-state index contributed by atoms with van der Waals surface area (Å²) in [7, 11) is 0. The summed E-state index contributed by atoms with van der Waals surface area (Å²) in [5.74, 6) is 0.598. The summed E-state index contributed by atoms with van der Waals surface area (Å²) < 4.78 is 11.6. The minimum Gasteiger partial charge on any atom is -0.462 e. The zero-order valence-electron chi connectivity index (χ0n) is 19.5. The number of fused-ring (bicyclic) bond motifs is 1. The lowest BCUT2D eigenvalue weighted by atomic mass is 9.56. The summed E-state index contributed by atoms with van der Waals surface area (Å²) >= 11 is 0. The van der Waals surface area contributed by atoms with E-state index in [-0.39, 0.29) is 54.2 Å². The molecular formula is C25H40O6. The maximum Gasteiger partial charge on any atom is 0.311 e. The van der Waals surface area contributed by atoms with Crippen LogP contribution in [0, 0.1) is 35.0 Å². The lowest BCUT2D eigenvalue weighted by Gasteiger charge is -2.50. The van der Waals surface area contributed by atoms with E-state index in [9.17, 15) is 19.5 Å². The van der Waals surface area contributed by atoms with E-state index in [1.54, 1.807) is 0 Å². The fourth-order valence-corrected chi connectivity index (χ4v) is 6.03. The minimum absolute atomic E-state index is 0.0206. The molecule has 3 fully saturated rings. The average Bonchev–Trinajstić information content (AvgIpc) is 2.72. The van der Waals surface area contributed by atoms with E-state index in [2.05, 4.69) is 6.92 Å². The lowest BCUT2D eigenvalue weighted by molar-refractivity contribution is -0.174. The SMILES string of the molecule is CCC(C)(C)C(=O)O[C@H]1CCC[C@H]2CC(C=O)[C@@H](C)[C@H](CC[C@@H]3C[C@@H](O)CC(=O)O3)[C@H]21. The van der Waals surface area contributed by atoms with Crippen LogP contribution in [0.4, 0.5) is 0 Å². The Morgan fingerprint density at radius 3 is 2.65 bits per heavy atom. The molecule has 8 atom stereocenters. The van der Waals surface area contributed by atoms with Crippen molar-refractivity contribution in [2.45, 2.75) is 104 Å². The van der Waals surface area contributed by atoms with Crippen LogP contribution in [0.15, 0.2) is 0 Å². The molecule has 0 radical (unpaired) electrons. The van der Waals surface area contributed by atoms with Gasteiger partial charge in [-0.3, -0.25) is 9.59 Å². The van der Waals surface area contributed by atoms with E-state index in [1.165, 1.54) is 0 Å². The summed E-state index contributed by atoms with van der Waals surface area (Å²) in [6.45, 7) is 8.01. The molecule has 0 aromatic rings. The quantitative estimate of drug-likeness (QED) is 0.478. The third-order valence-electron chi connectivity index (χ3n) is 8.38. The van der Waals surface area contributed by atoms with Gasteiger partial charge in [-0.05, 0) is 76.5 Å². The molecule has 31 heavy (non-hydrogen) atoms. The van der Waals surface area contributed by atoms with Gasteiger partial charge in [-0.1, -0.05) is 13.8 Å². The van der Waals surface area contributed by atoms with Gasteiger partial charge in [0, 0.05) is 18.3 Å². The Hall–Kier alpha value is -1.43. The molecule has 2 saturated carbocycles. The van der Waals surface area contributed by atoms with Gasteiger partial charge in [0.05, 0.1) is 17.9 Å². The molecule has 1 aliphatic heterocycles. The number of esters is 2. The standard InChI is InChI=1S/C25H40O6/c1-5-25(3,4)24(29)31-21-8-6-7-16-11-17(14-26)15(2)20(23(16)21)10-9-19-12-18(27)13-22(28)30-19/h14-21,23,27H,5-13H2,1-4H3/t15-,16+,17?,18-,19-,20+,21+,23+/m1/s1. The lowest BCUT2D eigenvalue weighted by Crippen LogP contribution is -2.49. The Labute approximate surface area is 186 Å². The number of cyclic esters (lactones) is 1. The molecule has 3 aliphatic rings. The number of carbonyl (C=O) groups excluding carboxylic acids is 3. The van der Waals surface area contributed by atoms with Crippen molar-refractivity contribution in [1.82, 2.24) is 0 Å². The van der Waals surface area contributed by atoms with Crippen molar-refractivity contribution >= 4 is 18.2 Å². The van der Waals surface area contributed by atoms with E-state index >= 15 is 0 Å². The molecule has 0 bridgehead atoms. The maximum atomic E-state index is 12.9. The van der Waals surface area contributed by atoms with Crippen LogP contribution in [0.25, 0.3) is 0 Å². The molecule has 1 N–H and O–H groups in total. The van der Waals surface area contributed by atoms with E-state index < -0.39 is 11.5 Å². The summed E-state index contributed by atoms with van der Waals surface area (Å²) in [6.07, 6.45) is 6.67. The number of ether oxygens (including phenoxy) is 2. The van der Waals surface area contributed by atoms with Crippen molar-refractivity contribution in [3.05, 3.63) is 0 Å². The number of rotatable bonds is 7. The van der Waals surface area contributed by atoms with Crippen LogP contribution in [-0.4, -0.2) is 41.6 Å². The van der Waals surface area contributed by atoms with E-state index in [1.807, 2.05) is 20.8 Å². The first kappa shape index (κ1) is 24.2. The van der Waals surface area contributed by atoms with Crippen molar-refractivity contribution in [1.29, 1.82) is 0 Å². The van der Waals surface area contributed by atoms with Crippen molar-refractivity contribution in [3.63, 3.8) is 0 Å². The Bertz CT molecular complexity index is 658. The summed E-state index contributed by atoms with van der Waals surface area (Å²) in [5, 5.41) is 9.94. The Morgan fingerprint density at radius 2 is 2.00 bits per heavy atom. The molecule has 176 valence electrons. The van der Waals surface area contributed by atoms with Crippen molar-refractivity contribution in [3.8, 4) is 0 Å².